The summed E-state index contributed by atoms with van der Waals surface area (Å²) in [5.41, 5.74) is 0.254. The maximum atomic E-state index is 14.9. The number of piperazine rings is 1. The first-order valence-electron chi connectivity index (χ1n) is 10.2. The Labute approximate surface area is 183 Å². The molecule has 3 aromatic rings. The van der Waals surface area contributed by atoms with Gasteiger partial charge in [0.2, 0.25) is 5.43 Å². The van der Waals surface area contributed by atoms with Crippen molar-refractivity contribution in [3.63, 3.8) is 0 Å². The van der Waals surface area contributed by atoms with Crippen LogP contribution in [0.4, 0.5) is 10.1 Å². The van der Waals surface area contributed by atoms with E-state index in [4.69, 9.17) is 9.47 Å². The van der Waals surface area contributed by atoms with E-state index in [1.807, 2.05) is 11.9 Å². The van der Waals surface area contributed by atoms with Crippen LogP contribution < -0.4 is 15.1 Å². The lowest BCUT2D eigenvalue weighted by atomic mass is 10.0. The largest absolute Gasteiger partial charge is 0.477 e. The molecule has 0 spiro atoms. The highest BCUT2D eigenvalue weighted by Gasteiger charge is 2.23. The van der Waals surface area contributed by atoms with E-state index in [1.165, 1.54) is 7.11 Å². The number of methoxy groups -OCH3 is 1. The summed E-state index contributed by atoms with van der Waals surface area (Å²) in [6.07, 6.45) is 0. The van der Waals surface area contributed by atoms with Crippen LogP contribution in [0.25, 0.3) is 22.2 Å². The zero-order chi connectivity index (χ0) is 22.8. The number of hydrogen-bond donors (Lipinski definition) is 2. The number of benzene rings is 2. The number of pyridine rings is 1. The van der Waals surface area contributed by atoms with Crippen molar-refractivity contribution < 1.29 is 23.8 Å². The number of fused-ring (bicyclic) bond motifs is 1. The molecule has 0 saturated carbocycles. The molecule has 8 nitrogen and oxygen atoms in total. The van der Waals surface area contributed by atoms with Crippen molar-refractivity contribution >= 4 is 22.6 Å². The van der Waals surface area contributed by atoms with Crippen LogP contribution in [-0.2, 0) is 4.74 Å². The molecule has 2 heterocycles. The fourth-order valence-corrected chi connectivity index (χ4v) is 3.85. The number of anilines is 1. The number of carbonyl (C=O) groups is 1. The van der Waals surface area contributed by atoms with Gasteiger partial charge in [-0.3, -0.25) is 4.79 Å². The second kappa shape index (κ2) is 8.97. The number of carboxylic acid groups (broad SMARTS) is 1. The summed E-state index contributed by atoms with van der Waals surface area (Å²) in [7, 11) is 3.52. The van der Waals surface area contributed by atoms with Gasteiger partial charge in [-0.2, -0.15) is 0 Å². The lowest BCUT2D eigenvalue weighted by Crippen LogP contribution is -2.44. The highest BCUT2D eigenvalue weighted by Crippen LogP contribution is 2.29. The molecule has 168 valence electrons. The van der Waals surface area contributed by atoms with Crippen LogP contribution in [0.5, 0.6) is 5.75 Å². The second-order valence-corrected chi connectivity index (χ2v) is 7.72. The second-order valence-electron chi connectivity index (χ2n) is 7.72. The summed E-state index contributed by atoms with van der Waals surface area (Å²) in [6.45, 7) is 2.99. The first kappa shape index (κ1) is 21.8. The number of rotatable bonds is 6. The Kier molecular flexibility index (Phi) is 6.11. The standard InChI is InChI=1S/C23H24FN3O5/c1-26-7-9-27(10-8-26)19-12-18-16(11-17(19)24)22(28)20(23(29)30)21(25-18)14-3-5-15(6-4-14)32-13-31-2/h3-6,11-12H,7-10,13H2,1-2H3,(H,25,28)(H,29,30). The highest BCUT2D eigenvalue weighted by atomic mass is 19.1. The summed E-state index contributed by atoms with van der Waals surface area (Å²) in [5.74, 6) is -1.39. The topological polar surface area (TPSA) is 95.1 Å². The van der Waals surface area contributed by atoms with Gasteiger partial charge >= 0.3 is 5.97 Å². The SMILES string of the molecule is COCOc1ccc(-c2[nH]c3cc(N4CCN(C)CC4)c(F)cc3c(=O)c2C(=O)O)cc1. The number of nitrogens with one attached hydrogen (secondary N) is 1. The minimum absolute atomic E-state index is 0.00146. The number of likely N-dealkylation sites (N-methyl/N-ethyl adjacent to an activating group) is 1. The van der Waals surface area contributed by atoms with Crippen molar-refractivity contribution in [3.8, 4) is 17.0 Å². The molecule has 0 radical (unpaired) electrons. The summed E-state index contributed by atoms with van der Waals surface area (Å²) in [6, 6.07) is 9.33. The van der Waals surface area contributed by atoms with E-state index in [2.05, 4.69) is 9.88 Å². The van der Waals surface area contributed by atoms with Crippen LogP contribution in [-0.4, -0.2) is 68.1 Å². The molecule has 32 heavy (non-hydrogen) atoms. The third kappa shape index (κ3) is 4.17. The van der Waals surface area contributed by atoms with Crippen molar-refractivity contribution in [1.29, 1.82) is 0 Å². The van der Waals surface area contributed by atoms with E-state index >= 15 is 0 Å². The minimum atomic E-state index is -1.38. The molecule has 4 rings (SSSR count). The molecule has 2 N–H and O–H groups in total. The molecule has 0 unspecified atom stereocenters. The maximum absolute atomic E-state index is 14.9. The smallest absolute Gasteiger partial charge is 0.341 e. The third-order valence-corrected chi connectivity index (χ3v) is 5.61. The number of aromatic nitrogens is 1. The van der Waals surface area contributed by atoms with Crippen LogP contribution in [0, 0.1) is 5.82 Å². The molecule has 9 heteroatoms. The van der Waals surface area contributed by atoms with E-state index in [9.17, 15) is 19.1 Å². The number of ether oxygens (including phenoxy) is 2. The average molecular weight is 441 g/mol. The molecular weight excluding hydrogens is 417 g/mol. The predicted octanol–water partition coefficient (Wildman–Crippen LogP) is 2.77. The van der Waals surface area contributed by atoms with Gasteiger partial charge in [-0.15, -0.1) is 0 Å². The normalized spacial score (nSPS) is 14.7. The van der Waals surface area contributed by atoms with Gasteiger partial charge in [0, 0.05) is 38.7 Å². The molecule has 2 aromatic carbocycles. The summed E-state index contributed by atoms with van der Waals surface area (Å²) in [5, 5.41) is 9.72. The van der Waals surface area contributed by atoms with Crippen LogP contribution in [0.15, 0.2) is 41.2 Å². The van der Waals surface area contributed by atoms with E-state index in [0.29, 0.717) is 35.6 Å². The van der Waals surface area contributed by atoms with E-state index in [-0.39, 0.29) is 17.9 Å². The molecule has 1 aliphatic rings. The summed E-state index contributed by atoms with van der Waals surface area (Å²) >= 11 is 0. The molecular formula is C23H24FN3O5. The van der Waals surface area contributed by atoms with Gasteiger partial charge in [0.1, 0.15) is 17.1 Å². The number of nitrogens with zero attached hydrogens (tertiary/aromatic N) is 2. The molecule has 1 fully saturated rings. The molecule has 0 atom stereocenters. The molecule has 0 aliphatic carbocycles. The van der Waals surface area contributed by atoms with Gasteiger partial charge in [0.25, 0.3) is 0 Å². The third-order valence-electron chi connectivity index (χ3n) is 5.61. The number of halogens is 1. The van der Waals surface area contributed by atoms with Gasteiger partial charge in [0.15, 0.2) is 6.79 Å². The summed E-state index contributed by atoms with van der Waals surface area (Å²) in [4.78, 5) is 32.1. The molecule has 1 saturated heterocycles. The monoisotopic (exact) mass is 441 g/mol. The molecule has 1 aliphatic heterocycles. The summed E-state index contributed by atoms with van der Waals surface area (Å²) < 4.78 is 25.1. The Bertz CT molecular complexity index is 1200. The number of carboxylic acids is 1. The first-order valence-corrected chi connectivity index (χ1v) is 10.2. The Morgan fingerprint density at radius 3 is 2.47 bits per heavy atom. The fraction of sp³-hybridized carbons (Fsp3) is 0.304. The Hall–Kier alpha value is -3.43. The average Bonchev–Trinajstić information content (AvgIpc) is 2.78. The number of aromatic carboxylic acids is 1. The van der Waals surface area contributed by atoms with Crippen LogP contribution in [0.2, 0.25) is 0 Å². The number of aromatic amines is 1. The van der Waals surface area contributed by atoms with Gasteiger partial charge in [-0.25, -0.2) is 9.18 Å². The van der Waals surface area contributed by atoms with Gasteiger partial charge in [-0.1, -0.05) is 0 Å². The zero-order valence-electron chi connectivity index (χ0n) is 17.9. The fourth-order valence-electron chi connectivity index (χ4n) is 3.85. The Morgan fingerprint density at radius 2 is 1.84 bits per heavy atom. The van der Waals surface area contributed by atoms with Gasteiger partial charge < -0.3 is 29.4 Å². The van der Waals surface area contributed by atoms with Crippen molar-refractivity contribution in [2.75, 3.05) is 52.0 Å². The van der Waals surface area contributed by atoms with E-state index in [1.54, 1.807) is 30.3 Å². The Morgan fingerprint density at radius 1 is 1.16 bits per heavy atom. The minimum Gasteiger partial charge on any atom is -0.477 e. The van der Waals surface area contributed by atoms with E-state index < -0.39 is 22.8 Å². The predicted molar refractivity (Wildman–Crippen MR) is 119 cm³/mol. The maximum Gasteiger partial charge on any atom is 0.341 e. The van der Waals surface area contributed by atoms with Gasteiger partial charge in [0.05, 0.1) is 16.9 Å². The van der Waals surface area contributed by atoms with E-state index in [0.717, 1.165) is 19.2 Å². The lowest BCUT2D eigenvalue weighted by Gasteiger charge is -2.34. The zero-order valence-corrected chi connectivity index (χ0v) is 17.9. The molecule has 0 bridgehead atoms. The number of hydrogen-bond acceptors (Lipinski definition) is 6. The van der Waals surface area contributed by atoms with Crippen LogP contribution in [0.1, 0.15) is 10.4 Å². The van der Waals surface area contributed by atoms with Crippen molar-refractivity contribution in [2.45, 2.75) is 0 Å². The van der Waals surface area contributed by atoms with Gasteiger partial charge in [-0.05, 0) is 49.0 Å². The van der Waals surface area contributed by atoms with Crippen molar-refractivity contribution in [2.24, 2.45) is 0 Å². The lowest BCUT2D eigenvalue weighted by molar-refractivity contribution is 0.0511. The van der Waals surface area contributed by atoms with Crippen LogP contribution in [0.3, 0.4) is 0 Å². The highest BCUT2D eigenvalue weighted by molar-refractivity contribution is 5.99. The van der Waals surface area contributed by atoms with Crippen LogP contribution >= 0.6 is 0 Å². The quantitative estimate of drug-likeness (QED) is 0.568. The Balaban J connectivity index is 1.83. The van der Waals surface area contributed by atoms with Crippen molar-refractivity contribution in [3.05, 3.63) is 58.0 Å². The first-order chi connectivity index (χ1) is 15.4. The van der Waals surface area contributed by atoms with Crippen molar-refractivity contribution in [1.82, 2.24) is 9.88 Å². The molecule has 0 amide bonds. The number of H-pyrrole nitrogens is 1. The molecule has 1 aromatic heterocycles.